The van der Waals surface area contributed by atoms with Crippen molar-refractivity contribution in [2.75, 3.05) is 11.9 Å². The maximum Gasteiger partial charge on any atom is 0.338 e. The normalized spacial score (nSPS) is 10.3. The first kappa shape index (κ1) is 18.8. The molecule has 0 spiro atoms. The van der Waals surface area contributed by atoms with Gasteiger partial charge in [0.25, 0.3) is 0 Å². The summed E-state index contributed by atoms with van der Waals surface area (Å²) >= 11 is 5.98. The Labute approximate surface area is 139 Å². The second-order valence-corrected chi connectivity index (χ2v) is 5.43. The molecule has 0 aliphatic heterocycles. The maximum atomic E-state index is 11.8. The Morgan fingerprint density at radius 2 is 2.00 bits per heavy atom. The van der Waals surface area contributed by atoms with Crippen LogP contribution >= 0.6 is 11.6 Å². The predicted octanol–water partition coefficient (Wildman–Crippen LogP) is 2.89. The highest BCUT2D eigenvalue weighted by Gasteiger charge is 2.13. The van der Waals surface area contributed by atoms with Gasteiger partial charge in [-0.25, -0.2) is 9.59 Å². The number of carbonyl (C=O) groups excluding carboxylic acids is 2. The molecule has 0 saturated heterocycles. The van der Waals surface area contributed by atoms with E-state index >= 15 is 0 Å². The van der Waals surface area contributed by atoms with Crippen LogP contribution in [0.2, 0.25) is 5.02 Å². The summed E-state index contributed by atoms with van der Waals surface area (Å²) in [5.41, 5.74) is 0.532. The Bertz CT molecular complexity index is 589. The zero-order chi connectivity index (χ0) is 17.4. The van der Waals surface area contributed by atoms with Crippen LogP contribution in [0.5, 0.6) is 0 Å². The molecule has 0 bridgehead atoms. The number of amides is 2. The van der Waals surface area contributed by atoms with Gasteiger partial charge in [-0.2, -0.15) is 0 Å². The molecule has 0 atom stereocenters. The van der Waals surface area contributed by atoms with Crippen molar-refractivity contribution in [2.45, 2.75) is 32.8 Å². The van der Waals surface area contributed by atoms with E-state index in [0.29, 0.717) is 6.42 Å². The molecule has 0 unspecified atom stereocenters. The van der Waals surface area contributed by atoms with Gasteiger partial charge in [-0.15, -0.1) is 0 Å². The van der Waals surface area contributed by atoms with Gasteiger partial charge in [0.05, 0.1) is 22.4 Å². The summed E-state index contributed by atoms with van der Waals surface area (Å²) in [6.07, 6.45) is 0.0292. The molecule has 1 aromatic rings. The molecular formula is C15H19ClN2O5. The van der Waals surface area contributed by atoms with Crippen molar-refractivity contribution in [2.24, 2.45) is 0 Å². The summed E-state index contributed by atoms with van der Waals surface area (Å²) in [6.45, 7) is 3.68. The smallest absolute Gasteiger partial charge is 0.338 e. The molecule has 0 fully saturated rings. The summed E-state index contributed by atoms with van der Waals surface area (Å²) in [7, 11) is 0. The number of urea groups is 1. The van der Waals surface area contributed by atoms with Crippen LogP contribution < -0.4 is 10.6 Å². The molecule has 1 aromatic carbocycles. The summed E-state index contributed by atoms with van der Waals surface area (Å²) in [6, 6.07) is 3.87. The number of hydrogen-bond donors (Lipinski definition) is 3. The number of halogens is 1. The van der Waals surface area contributed by atoms with Crippen LogP contribution in [0.3, 0.4) is 0 Å². The van der Waals surface area contributed by atoms with E-state index in [1.54, 1.807) is 13.8 Å². The van der Waals surface area contributed by atoms with Crippen LogP contribution in [0.25, 0.3) is 0 Å². The van der Waals surface area contributed by atoms with Crippen molar-refractivity contribution < 1.29 is 24.2 Å². The van der Waals surface area contributed by atoms with Crippen LogP contribution in [0.4, 0.5) is 10.5 Å². The minimum absolute atomic E-state index is 0.0302. The van der Waals surface area contributed by atoms with E-state index in [9.17, 15) is 14.4 Å². The highest BCUT2D eigenvalue weighted by molar-refractivity contribution is 6.33. The Hall–Kier alpha value is -2.28. The monoisotopic (exact) mass is 342 g/mol. The number of hydrogen-bond acceptors (Lipinski definition) is 4. The van der Waals surface area contributed by atoms with Gasteiger partial charge in [0.15, 0.2) is 0 Å². The number of carboxylic acid groups (broad SMARTS) is 1. The number of rotatable bonds is 7. The Kier molecular flexibility index (Phi) is 7.34. The molecule has 0 radical (unpaired) electrons. The third-order valence-electron chi connectivity index (χ3n) is 2.65. The highest BCUT2D eigenvalue weighted by atomic mass is 35.5. The Balaban J connectivity index is 2.63. The van der Waals surface area contributed by atoms with Crippen LogP contribution in [0.15, 0.2) is 18.2 Å². The average molecular weight is 343 g/mol. The van der Waals surface area contributed by atoms with Gasteiger partial charge in [-0.05, 0) is 38.5 Å². The van der Waals surface area contributed by atoms with Crippen molar-refractivity contribution in [3.63, 3.8) is 0 Å². The standard InChI is InChI=1S/C15H19ClN2O5/c1-9(2)23-14(21)10-5-6-11(16)12(8-10)18-15(22)17-7-3-4-13(19)20/h5-6,8-9H,3-4,7H2,1-2H3,(H,19,20)(H2,17,18,22). The van der Waals surface area contributed by atoms with Crippen molar-refractivity contribution in [3.8, 4) is 0 Å². The quantitative estimate of drug-likeness (QED) is 0.522. The molecule has 7 nitrogen and oxygen atoms in total. The largest absolute Gasteiger partial charge is 0.481 e. The third-order valence-corrected chi connectivity index (χ3v) is 2.98. The second-order valence-electron chi connectivity index (χ2n) is 5.03. The van der Waals surface area contributed by atoms with Crippen LogP contribution in [0.1, 0.15) is 37.0 Å². The lowest BCUT2D eigenvalue weighted by Gasteiger charge is -2.11. The topological polar surface area (TPSA) is 105 Å². The average Bonchev–Trinajstić information content (AvgIpc) is 2.45. The van der Waals surface area contributed by atoms with Crippen molar-refractivity contribution in [3.05, 3.63) is 28.8 Å². The van der Waals surface area contributed by atoms with Gasteiger partial charge in [0, 0.05) is 13.0 Å². The van der Waals surface area contributed by atoms with E-state index in [2.05, 4.69) is 10.6 Å². The number of benzene rings is 1. The van der Waals surface area contributed by atoms with Crippen LogP contribution in [0, 0.1) is 0 Å². The van der Waals surface area contributed by atoms with Crippen molar-refractivity contribution in [1.29, 1.82) is 0 Å². The lowest BCUT2D eigenvalue weighted by molar-refractivity contribution is -0.137. The first-order chi connectivity index (χ1) is 10.8. The number of esters is 1. The SMILES string of the molecule is CC(C)OC(=O)c1ccc(Cl)c(NC(=O)NCCCC(=O)O)c1. The van der Waals surface area contributed by atoms with Gasteiger partial charge >= 0.3 is 18.0 Å². The second kappa shape index (κ2) is 8.99. The molecule has 2 amide bonds. The van der Waals surface area contributed by atoms with Crippen LogP contribution in [-0.2, 0) is 9.53 Å². The van der Waals surface area contributed by atoms with Gasteiger partial charge in [0.1, 0.15) is 0 Å². The van der Waals surface area contributed by atoms with E-state index in [1.165, 1.54) is 18.2 Å². The van der Waals surface area contributed by atoms with E-state index in [1.807, 2.05) is 0 Å². The fraction of sp³-hybridized carbons (Fsp3) is 0.400. The molecule has 0 saturated carbocycles. The van der Waals surface area contributed by atoms with E-state index in [-0.39, 0.29) is 35.3 Å². The molecule has 126 valence electrons. The van der Waals surface area contributed by atoms with Crippen LogP contribution in [-0.4, -0.2) is 35.7 Å². The minimum atomic E-state index is -0.924. The molecule has 1 rings (SSSR count). The molecule has 0 aromatic heterocycles. The fourth-order valence-electron chi connectivity index (χ4n) is 1.64. The molecule has 0 aliphatic carbocycles. The summed E-state index contributed by atoms with van der Waals surface area (Å²) in [5.74, 6) is -1.44. The number of carboxylic acids is 1. The Morgan fingerprint density at radius 3 is 2.61 bits per heavy atom. The van der Waals surface area contributed by atoms with E-state index in [0.717, 1.165) is 0 Å². The highest BCUT2D eigenvalue weighted by Crippen LogP contribution is 2.23. The number of nitrogens with one attached hydrogen (secondary N) is 2. The molecule has 8 heteroatoms. The predicted molar refractivity (Wildman–Crippen MR) is 85.9 cm³/mol. The molecular weight excluding hydrogens is 324 g/mol. The Morgan fingerprint density at radius 1 is 1.30 bits per heavy atom. The van der Waals surface area contributed by atoms with Crippen molar-refractivity contribution >= 4 is 35.3 Å². The number of aliphatic carboxylic acids is 1. The number of ether oxygens (including phenoxy) is 1. The lowest BCUT2D eigenvalue weighted by Crippen LogP contribution is -2.30. The molecule has 0 heterocycles. The molecule has 0 aliphatic rings. The molecule has 3 N–H and O–H groups in total. The minimum Gasteiger partial charge on any atom is -0.481 e. The summed E-state index contributed by atoms with van der Waals surface area (Å²) < 4.78 is 5.07. The van der Waals surface area contributed by atoms with Gasteiger partial charge < -0.3 is 20.5 Å². The third kappa shape index (κ3) is 7.01. The number of carbonyl (C=O) groups is 3. The van der Waals surface area contributed by atoms with Gasteiger partial charge in [-0.1, -0.05) is 11.6 Å². The molecule has 23 heavy (non-hydrogen) atoms. The van der Waals surface area contributed by atoms with E-state index in [4.69, 9.17) is 21.4 Å². The fourth-order valence-corrected chi connectivity index (χ4v) is 1.80. The maximum absolute atomic E-state index is 11.8. The zero-order valence-electron chi connectivity index (χ0n) is 12.9. The summed E-state index contributed by atoms with van der Waals surface area (Å²) in [5, 5.41) is 13.8. The van der Waals surface area contributed by atoms with Gasteiger partial charge in [0.2, 0.25) is 0 Å². The van der Waals surface area contributed by atoms with Gasteiger partial charge in [-0.3, -0.25) is 4.79 Å². The van der Waals surface area contributed by atoms with Crippen molar-refractivity contribution in [1.82, 2.24) is 5.32 Å². The van der Waals surface area contributed by atoms with E-state index < -0.39 is 18.0 Å². The first-order valence-electron chi connectivity index (χ1n) is 7.06. The lowest BCUT2D eigenvalue weighted by atomic mass is 10.2. The number of anilines is 1. The first-order valence-corrected chi connectivity index (χ1v) is 7.44. The zero-order valence-corrected chi connectivity index (χ0v) is 13.6. The summed E-state index contributed by atoms with van der Waals surface area (Å²) in [4.78, 5) is 33.9.